The van der Waals surface area contributed by atoms with Gasteiger partial charge in [0.05, 0.1) is 6.54 Å². The Labute approximate surface area is 120 Å². The van der Waals surface area contributed by atoms with Crippen molar-refractivity contribution < 1.29 is 4.79 Å². The largest absolute Gasteiger partial charge is 0.383 e. The Kier molecular flexibility index (Phi) is 5.73. The molecule has 1 rings (SSSR count). The van der Waals surface area contributed by atoms with E-state index in [0.717, 1.165) is 5.56 Å². The van der Waals surface area contributed by atoms with Gasteiger partial charge in [-0.15, -0.1) is 0 Å². The minimum Gasteiger partial charge on any atom is -0.383 e. The Morgan fingerprint density at radius 2 is 1.90 bits per heavy atom. The van der Waals surface area contributed by atoms with Crippen LogP contribution in [0.2, 0.25) is 0 Å². The second-order valence-corrected chi connectivity index (χ2v) is 5.01. The molecule has 0 aliphatic carbocycles. The van der Waals surface area contributed by atoms with E-state index in [0.29, 0.717) is 30.5 Å². The summed E-state index contributed by atoms with van der Waals surface area (Å²) in [5.74, 6) is 2.03. The monoisotopic (exact) mass is 279 g/mol. The molecule has 1 aromatic heterocycles. The molecule has 1 amide bonds. The van der Waals surface area contributed by atoms with E-state index in [-0.39, 0.29) is 18.4 Å². The van der Waals surface area contributed by atoms with Crippen LogP contribution in [0.15, 0.2) is 0 Å². The molecule has 0 aliphatic rings. The van der Waals surface area contributed by atoms with Crippen LogP contribution >= 0.6 is 0 Å². The van der Waals surface area contributed by atoms with Crippen molar-refractivity contribution >= 4 is 17.5 Å². The molecule has 0 aromatic carbocycles. The van der Waals surface area contributed by atoms with Gasteiger partial charge in [0.1, 0.15) is 17.5 Å². The van der Waals surface area contributed by atoms with Gasteiger partial charge < -0.3 is 16.0 Å². The van der Waals surface area contributed by atoms with E-state index < -0.39 is 0 Å². The van der Waals surface area contributed by atoms with Gasteiger partial charge >= 0.3 is 0 Å². The minimum atomic E-state index is 0.0534. The summed E-state index contributed by atoms with van der Waals surface area (Å²) < 4.78 is 0. The van der Waals surface area contributed by atoms with E-state index in [1.807, 2.05) is 34.6 Å². The molecule has 112 valence electrons. The van der Waals surface area contributed by atoms with Crippen molar-refractivity contribution in [1.29, 1.82) is 0 Å². The topological polar surface area (TPSA) is 84.1 Å². The fourth-order valence-corrected chi connectivity index (χ4v) is 1.83. The second-order valence-electron chi connectivity index (χ2n) is 5.01. The van der Waals surface area contributed by atoms with Crippen molar-refractivity contribution in [1.82, 2.24) is 14.9 Å². The van der Waals surface area contributed by atoms with Crippen LogP contribution in [-0.2, 0) is 4.79 Å². The summed E-state index contributed by atoms with van der Waals surface area (Å²) >= 11 is 0. The van der Waals surface area contributed by atoms with Crippen molar-refractivity contribution in [3.63, 3.8) is 0 Å². The van der Waals surface area contributed by atoms with Gasteiger partial charge in [0.15, 0.2) is 0 Å². The number of hydrogen-bond donors (Lipinski definition) is 2. The SMILES string of the molecule is CCN(CC)C(=O)CNc1nc(C(C)C)nc(N)c1C. The zero-order valence-corrected chi connectivity index (χ0v) is 13.0. The van der Waals surface area contributed by atoms with Gasteiger partial charge in [-0.25, -0.2) is 9.97 Å². The van der Waals surface area contributed by atoms with Crippen LogP contribution in [0.4, 0.5) is 11.6 Å². The normalized spacial score (nSPS) is 10.7. The highest BCUT2D eigenvalue weighted by atomic mass is 16.2. The lowest BCUT2D eigenvalue weighted by Crippen LogP contribution is -2.35. The van der Waals surface area contributed by atoms with E-state index in [2.05, 4.69) is 15.3 Å². The van der Waals surface area contributed by atoms with E-state index in [4.69, 9.17) is 5.73 Å². The molecule has 20 heavy (non-hydrogen) atoms. The number of nitrogens with two attached hydrogens (primary N) is 1. The maximum atomic E-state index is 12.0. The zero-order valence-electron chi connectivity index (χ0n) is 13.0. The van der Waals surface area contributed by atoms with Crippen LogP contribution in [0.3, 0.4) is 0 Å². The maximum Gasteiger partial charge on any atom is 0.241 e. The molecule has 0 saturated carbocycles. The number of nitrogens with one attached hydrogen (secondary N) is 1. The first-order valence-electron chi connectivity index (χ1n) is 7.06. The molecule has 0 atom stereocenters. The van der Waals surface area contributed by atoms with Crippen molar-refractivity contribution in [2.75, 3.05) is 30.7 Å². The lowest BCUT2D eigenvalue weighted by atomic mass is 10.2. The predicted octanol–water partition coefficient (Wildman–Crippen LogP) is 1.77. The quantitative estimate of drug-likeness (QED) is 0.829. The van der Waals surface area contributed by atoms with Crippen LogP contribution in [0, 0.1) is 6.92 Å². The Morgan fingerprint density at radius 1 is 1.30 bits per heavy atom. The summed E-state index contributed by atoms with van der Waals surface area (Å²) in [6.45, 7) is 11.4. The Balaban J connectivity index is 2.84. The van der Waals surface area contributed by atoms with Crippen LogP contribution < -0.4 is 11.1 Å². The fourth-order valence-electron chi connectivity index (χ4n) is 1.83. The number of amides is 1. The lowest BCUT2D eigenvalue weighted by Gasteiger charge is -2.19. The third-order valence-electron chi connectivity index (χ3n) is 3.24. The molecule has 6 heteroatoms. The number of anilines is 2. The number of nitrogens with zero attached hydrogens (tertiary/aromatic N) is 3. The van der Waals surface area contributed by atoms with Crippen LogP contribution in [0.5, 0.6) is 0 Å². The lowest BCUT2D eigenvalue weighted by molar-refractivity contribution is -0.128. The standard InChI is InChI=1S/C14H25N5O/c1-6-19(7-2)11(20)8-16-14-10(5)12(15)17-13(18-14)9(3)4/h9H,6-8H2,1-5H3,(H3,15,16,17,18). The molecular formula is C14H25N5O. The third kappa shape index (κ3) is 3.82. The highest BCUT2D eigenvalue weighted by Crippen LogP contribution is 2.20. The Morgan fingerprint density at radius 3 is 2.40 bits per heavy atom. The highest BCUT2D eigenvalue weighted by molar-refractivity contribution is 5.81. The first-order chi connectivity index (χ1) is 9.40. The molecule has 0 saturated heterocycles. The van der Waals surface area contributed by atoms with Gasteiger partial charge in [-0.1, -0.05) is 13.8 Å². The van der Waals surface area contributed by atoms with Gasteiger partial charge in [0.2, 0.25) is 5.91 Å². The molecule has 1 heterocycles. The number of rotatable bonds is 6. The van der Waals surface area contributed by atoms with Crippen LogP contribution in [-0.4, -0.2) is 40.4 Å². The number of nitrogen functional groups attached to an aromatic ring is 1. The summed E-state index contributed by atoms with van der Waals surface area (Å²) in [5.41, 5.74) is 6.67. The second kappa shape index (κ2) is 7.07. The first kappa shape index (κ1) is 16.2. The molecule has 6 nitrogen and oxygen atoms in total. The maximum absolute atomic E-state index is 12.0. The molecule has 0 unspecified atom stereocenters. The van der Waals surface area contributed by atoms with Crippen molar-refractivity contribution in [2.24, 2.45) is 0 Å². The molecule has 0 aliphatic heterocycles. The van der Waals surface area contributed by atoms with E-state index in [9.17, 15) is 4.79 Å². The highest BCUT2D eigenvalue weighted by Gasteiger charge is 2.14. The van der Waals surface area contributed by atoms with Crippen LogP contribution in [0.1, 0.15) is 45.0 Å². The summed E-state index contributed by atoms with van der Waals surface area (Å²) in [6.07, 6.45) is 0. The zero-order chi connectivity index (χ0) is 15.3. The number of likely N-dealkylation sites (N-methyl/N-ethyl adjacent to an activating group) is 1. The summed E-state index contributed by atoms with van der Waals surface area (Å²) in [5, 5.41) is 3.08. The van der Waals surface area contributed by atoms with E-state index in [1.165, 1.54) is 0 Å². The minimum absolute atomic E-state index is 0.0534. The summed E-state index contributed by atoms with van der Waals surface area (Å²) in [7, 11) is 0. The average Bonchev–Trinajstić information content (AvgIpc) is 2.41. The smallest absolute Gasteiger partial charge is 0.241 e. The van der Waals surface area contributed by atoms with Crippen LogP contribution in [0.25, 0.3) is 0 Å². The summed E-state index contributed by atoms with van der Waals surface area (Å²) in [4.78, 5) is 22.5. The van der Waals surface area contributed by atoms with Gasteiger partial charge in [-0.2, -0.15) is 0 Å². The van der Waals surface area contributed by atoms with Gasteiger partial charge in [-0.05, 0) is 20.8 Å². The Bertz CT molecular complexity index is 469. The molecule has 0 spiro atoms. The molecule has 0 fully saturated rings. The third-order valence-corrected chi connectivity index (χ3v) is 3.24. The molecule has 1 aromatic rings. The van der Waals surface area contributed by atoms with Crippen molar-refractivity contribution in [3.05, 3.63) is 11.4 Å². The van der Waals surface area contributed by atoms with E-state index in [1.54, 1.807) is 4.90 Å². The molecule has 0 radical (unpaired) electrons. The average molecular weight is 279 g/mol. The van der Waals surface area contributed by atoms with Crippen molar-refractivity contribution in [3.8, 4) is 0 Å². The molecule has 3 N–H and O–H groups in total. The van der Waals surface area contributed by atoms with Gasteiger partial charge in [0, 0.05) is 24.6 Å². The summed E-state index contributed by atoms with van der Waals surface area (Å²) in [6, 6.07) is 0. The number of aromatic nitrogens is 2. The van der Waals surface area contributed by atoms with E-state index >= 15 is 0 Å². The fraction of sp³-hybridized carbons (Fsp3) is 0.643. The molecule has 0 bridgehead atoms. The number of hydrogen-bond acceptors (Lipinski definition) is 5. The predicted molar refractivity (Wildman–Crippen MR) is 81.7 cm³/mol. The van der Waals surface area contributed by atoms with Crippen molar-refractivity contribution in [2.45, 2.75) is 40.5 Å². The number of carbonyl (C=O) groups is 1. The first-order valence-corrected chi connectivity index (χ1v) is 7.06. The van der Waals surface area contributed by atoms with Gasteiger partial charge in [-0.3, -0.25) is 4.79 Å². The Hall–Kier alpha value is -1.85. The van der Waals surface area contributed by atoms with Gasteiger partial charge in [0.25, 0.3) is 0 Å². The molecular weight excluding hydrogens is 254 g/mol. The number of carbonyl (C=O) groups excluding carboxylic acids is 1.